The molecule has 5 aliphatic carbocycles. The molecule has 0 amide bonds. The van der Waals surface area contributed by atoms with Crippen molar-refractivity contribution >= 4 is 5.97 Å². The summed E-state index contributed by atoms with van der Waals surface area (Å²) < 4.78 is 12.8. The summed E-state index contributed by atoms with van der Waals surface area (Å²) in [7, 11) is 0. The average molecular weight is 531 g/mol. The third-order valence-electron chi connectivity index (χ3n) is 13.6. The predicted molar refractivity (Wildman–Crippen MR) is 147 cm³/mol. The molecule has 38 heavy (non-hydrogen) atoms. The summed E-state index contributed by atoms with van der Waals surface area (Å²) in [5.41, 5.74) is 0.197. The lowest BCUT2D eigenvalue weighted by molar-refractivity contribution is -0.202. The van der Waals surface area contributed by atoms with Crippen LogP contribution in [-0.2, 0) is 14.3 Å². The van der Waals surface area contributed by atoms with Crippen molar-refractivity contribution < 1.29 is 24.5 Å². The number of hydrogen-bond acceptors (Lipinski definition) is 5. The van der Waals surface area contributed by atoms with Gasteiger partial charge in [0.25, 0.3) is 0 Å². The van der Waals surface area contributed by atoms with Gasteiger partial charge in [0.15, 0.2) is 6.10 Å². The van der Waals surface area contributed by atoms with E-state index < -0.39 is 11.7 Å². The first-order valence-corrected chi connectivity index (χ1v) is 16.1. The van der Waals surface area contributed by atoms with Gasteiger partial charge in [0, 0.05) is 6.42 Å². The van der Waals surface area contributed by atoms with E-state index in [1.54, 1.807) is 13.8 Å². The summed E-state index contributed by atoms with van der Waals surface area (Å²) in [5.74, 6) is 2.51. The van der Waals surface area contributed by atoms with Crippen LogP contribution in [0.3, 0.4) is 0 Å². The van der Waals surface area contributed by atoms with Crippen LogP contribution in [0.1, 0.15) is 125 Å². The Kier molecular flexibility index (Phi) is 6.46. The molecule has 6 aliphatic rings. The number of aliphatic hydroxyl groups is 2. The first kappa shape index (κ1) is 27.5. The van der Waals surface area contributed by atoms with Crippen molar-refractivity contribution in [3.8, 4) is 0 Å². The van der Waals surface area contributed by atoms with E-state index in [2.05, 4.69) is 27.7 Å². The minimum Gasteiger partial charge on any atom is -0.457 e. The van der Waals surface area contributed by atoms with Gasteiger partial charge in [-0.05, 0) is 130 Å². The van der Waals surface area contributed by atoms with Crippen molar-refractivity contribution in [2.24, 2.45) is 45.3 Å². The number of unbranched alkanes of at least 4 members (excludes halogenated alkanes) is 1. The van der Waals surface area contributed by atoms with E-state index in [9.17, 15) is 15.0 Å². The number of rotatable bonds is 6. The standard InChI is InChI=1S/C33H54O5/c1-7-8-9-27(35)38-28(30(4,5)36)23-12-10-21-24(37-23)18-22-20-11-13-25-29(2,3)26(34)14-15-33(25)19-32(20,33)17-16-31(21,22)6/h20-26,28,34,36H,7-19H2,1-6H3/t20?,21?,22?,23?,24?,25?,26-,28-,31?,32-,33?/m0/s1. The van der Waals surface area contributed by atoms with E-state index >= 15 is 0 Å². The van der Waals surface area contributed by atoms with Crippen LogP contribution in [-0.4, -0.2) is 46.2 Å². The molecule has 0 radical (unpaired) electrons. The summed E-state index contributed by atoms with van der Waals surface area (Å²) in [6.07, 6.45) is 13.3. The molecule has 8 unspecified atom stereocenters. The molecule has 11 atom stereocenters. The fourth-order valence-electron chi connectivity index (χ4n) is 11.7. The van der Waals surface area contributed by atoms with Crippen LogP contribution in [0.4, 0.5) is 0 Å². The van der Waals surface area contributed by atoms with E-state index in [0.29, 0.717) is 40.4 Å². The third kappa shape index (κ3) is 3.76. The van der Waals surface area contributed by atoms with Gasteiger partial charge in [0.05, 0.1) is 23.9 Å². The van der Waals surface area contributed by atoms with Gasteiger partial charge in [0.2, 0.25) is 0 Å². The Hall–Kier alpha value is -0.650. The third-order valence-corrected chi connectivity index (χ3v) is 13.6. The molecule has 0 aromatic rings. The second-order valence-electron chi connectivity index (χ2n) is 16.0. The zero-order valence-corrected chi connectivity index (χ0v) is 24.9. The fraction of sp³-hybridized carbons (Fsp3) is 0.970. The van der Waals surface area contributed by atoms with Crippen molar-refractivity contribution in [2.75, 3.05) is 0 Å². The molecule has 1 heterocycles. The van der Waals surface area contributed by atoms with Crippen LogP contribution < -0.4 is 0 Å². The predicted octanol–water partition coefficient (Wildman–Crippen LogP) is 6.43. The van der Waals surface area contributed by atoms with Gasteiger partial charge in [-0.3, -0.25) is 4.79 Å². The van der Waals surface area contributed by atoms with Crippen LogP contribution in [0.5, 0.6) is 0 Å². The molecule has 2 N–H and O–H groups in total. The molecule has 0 bridgehead atoms. The number of ether oxygens (including phenoxy) is 2. The highest BCUT2D eigenvalue weighted by Gasteiger charge is 2.80. The number of aliphatic hydroxyl groups excluding tert-OH is 1. The van der Waals surface area contributed by atoms with E-state index in [4.69, 9.17) is 9.47 Å². The van der Waals surface area contributed by atoms with Crippen molar-refractivity contribution in [1.82, 2.24) is 0 Å². The summed E-state index contributed by atoms with van der Waals surface area (Å²) in [6.45, 7) is 12.8. The van der Waals surface area contributed by atoms with Crippen LogP contribution in [0.2, 0.25) is 0 Å². The van der Waals surface area contributed by atoms with Gasteiger partial charge >= 0.3 is 5.97 Å². The van der Waals surface area contributed by atoms with Gasteiger partial charge in [-0.2, -0.15) is 0 Å². The molecule has 1 saturated heterocycles. The minimum absolute atomic E-state index is 0.0359. The Bertz CT molecular complexity index is 938. The lowest BCUT2D eigenvalue weighted by atomic mass is 9.46. The van der Waals surface area contributed by atoms with Gasteiger partial charge in [0.1, 0.15) is 0 Å². The van der Waals surface area contributed by atoms with Gasteiger partial charge in [-0.1, -0.05) is 34.1 Å². The Balaban J connectivity index is 1.20. The summed E-state index contributed by atoms with van der Waals surface area (Å²) in [5, 5.41) is 21.9. The average Bonchev–Trinajstić information content (AvgIpc) is 3.43. The number of esters is 1. The summed E-state index contributed by atoms with van der Waals surface area (Å²) >= 11 is 0. The number of fused-ring (bicyclic) bond motifs is 4. The highest BCUT2D eigenvalue weighted by molar-refractivity contribution is 5.69. The second-order valence-corrected chi connectivity index (χ2v) is 16.0. The topological polar surface area (TPSA) is 76.0 Å². The van der Waals surface area contributed by atoms with Crippen LogP contribution in [0.15, 0.2) is 0 Å². The molecule has 5 heteroatoms. The molecule has 1 aliphatic heterocycles. The van der Waals surface area contributed by atoms with Crippen molar-refractivity contribution in [2.45, 2.75) is 155 Å². The van der Waals surface area contributed by atoms with E-state index in [1.165, 1.54) is 38.5 Å². The maximum absolute atomic E-state index is 12.6. The van der Waals surface area contributed by atoms with Crippen molar-refractivity contribution in [3.63, 3.8) is 0 Å². The number of hydrogen-bond donors (Lipinski definition) is 2. The van der Waals surface area contributed by atoms with Gasteiger partial charge in [-0.25, -0.2) is 0 Å². The zero-order valence-electron chi connectivity index (χ0n) is 24.9. The molecule has 2 spiro atoms. The lowest BCUT2D eigenvalue weighted by Gasteiger charge is -2.59. The number of carbonyl (C=O) groups excluding carboxylic acids is 1. The molecule has 6 fully saturated rings. The Morgan fingerprint density at radius 2 is 1.74 bits per heavy atom. The maximum Gasteiger partial charge on any atom is 0.306 e. The lowest BCUT2D eigenvalue weighted by Crippen LogP contribution is -2.54. The quantitative estimate of drug-likeness (QED) is 0.387. The smallest absolute Gasteiger partial charge is 0.306 e. The zero-order chi connectivity index (χ0) is 27.3. The van der Waals surface area contributed by atoms with Crippen molar-refractivity contribution in [1.29, 1.82) is 0 Å². The Labute approximate surface area is 230 Å². The fourth-order valence-corrected chi connectivity index (χ4v) is 11.7. The summed E-state index contributed by atoms with van der Waals surface area (Å²) in [4.78, 5) is 12.6. The molecule has 5 saturated carbocycles. The molecule has 6 rings (SSSR count). The van der Waals surface area contributed by atoms with Crippen LogP contribution in [0, 0.1) is 45.3 Å². The monoisotopic (exact) mass is 530 g/mol. The first-order chi connectivity index (χ1) is 17.8. The molecule has 0 aromatic heterocycles. The highest BCUT2D eigenvalue weighted by Crippen LogP contribution is 2.87. The van der Waals surface area contributed by atoms with Crippen LogP contribution in [0.25, 0.3) is 0 Å². The van der Waals surface area contributed by atoms with E-state index in [0.717, 1.165) is 44.4 Å². The Morgan fingerprint density at radius 1 is 1.00 bits per heavy atom. The first-order valence-electron chi connectivity index (χ1n) is 16.1. The Morgan fingerprint density at radius 3 is 2.45 bits per heavy atom. The molecular weight excluding hydrogens is 476 g/mol. The van der Waals surface area contributed by atoms with Crippen molar-refractivity contribution in [3.05, 3.63) is 0 Å². The SMILES string of the molecule is CCCCC(=O)O[C@@H](C1CCC2C(CC3C4CCC5C(C)(C)[C@@H](O)CCC56C[C@@]46CCC23C)O1)C(C)(C)O. The summed E-state index contributed by atoms with van der Waals surface area (Å²) in [6, 6.07) is 0. The minimum atomic E-state index is -1.13. The maximum atomic E-state index is 12.6. The normalized spacial score (nSPS) is 49.5. The van der Waals surface area contributed by atoms with E-state index in [1.807, 2.05) is 0 Å². The second kappa shape index (κ2) is 8.92. The van der Waals surface area contributed by atoms with E-state index in [-0.39, 0.29) is 29.7 Å². The largest absolute Gasteiger partial charge is 0.457 e. The van der Waals surface area contributed by atoms with Crippen LogP contribution >= 0.6 is 0 Å². The molecule has 0 aromatic carbocycles. The van der Waals surface area contributed by atoms with Gasteiger partial charge < -0.3 is 19.7 Å². The molecular formula is C33H54O5. The highest BCUT2D eigenvalue weighted by atomic mass is 16.6. The number of carbonyl (C=O) groups is 1. The molecule has 5 nitrogen and oxygen atoms in total. The van der Waals surface area contributed by atoms with Gasteiger partial charge in [-0.15, -0.1) is 0 Å². The molecule has 216 valence electrons.